The fraction of sp³-hybridized carbons (Fsp3) is 0.850. The highest BCUT2D eigenvalue weighted by atomic mass is 28.4. The first-order chi connectivity index (χ1) is 22.5. The lowest BCUT2D eigenvalue weighted by Gasteiger charge is -2.21. The number of benzene rings is 1. The third-order valence-electron chi connectivity index (χ3n) is 5.27. The molecule has 0 aliphatic heterocycles. The van der Waals surface area contributed by atoms with Crippen LogP contribution < -0.4 is 0 Å². The predicted octanol–water partition coefficient (Wildman–Crippen LogP) is 12.5. The molecule has 0 spiro atoms. The highest BCUT2D eigenvalue weighted by molar-refractivity contribution is 6.64. The Hall–Kier alpha value is -0.803. The van der Waals surface area contributed by atoms with E-state index in [0.717, 1.165) is 78.2 Å². The molecule has 0 aliphatic rings. The maximum Gasteiger partial charge on any atom is 0.331 e. The number of hydrogen-bond donors (Lipinski definition) is 0. The maximum absolute atomic E-state index is 5.67. The van der Waals surface area contributed by atoms with Crippen LogP contribution in [-0.4, -0.2) is 73.1 Å². The van der Waals surface area contributed by atoms with E-state index in [0.29, 0.717) is 18.8 Å². The Bertz CT molecular complexity index is 532. The van der Waals surface area contributed by atoms with E-state index in [1.807, 2.05) is 64.1 Å². The van der Waals surface area contributed by atoms with Crippen LogP contribution >= 0.6 is 0 Å². The van der Waals surface area contributed by atoms with Crippen LogP contribution in [0.3, 0.4) is 0 Å². The van der Waals surface area contributed by atoms with Crippen molar-refractivity contribution < 1.29 is 27.8 Å². The van der Waals surface area contributed by atoms with Crippen molar-refractivity contribution in [2.75, 3.05) is 46.2 Å². The lowest BCUT2D eigenvalue weighted by molar-refractivity contribution is -0.0596. The van der Waals surface area contributed by atoms with Crippen molar-refractivity contribution in [2.45, 2.75) is 180 Å². The standard InChI is InChI=1S/C11H24O2.C8H20O2Si.C8H18O2.C6H6.C3H8.2C2H6/c1-6-9(3)12-8-11(5)13-10(4)7-2;1-5-7-9-11(3,4)10-8-6-2;1-3-5-9-7-8-10-6-4-2;1-2-4-6-5-3-1;1-3-2;2*1-2/h9-11H,6-8H2,1-5H3;5-8H2,1-4H3;3-8H2,1-2H3;1-6H;3H2,1-2H3;2*1-2H3. The molecular formula is C40H88O6Si. The molecule has 0 saturated heterocycles. The van der Waals surface area contributed by atoms with Gasteiger partial charge < -0.3 is 27.8 Å². The SMILES string of the molecule is CC.CC.CCC.CCC(C)OCC(C)OC(C)CC.CCCOCCOCCC.CCCO[Si](C)(C)OCCC.c1ccccc1. The molecule has 0 heterocycles. The van der Waals surface area contributed by atoms with Crippen LogP contribution in [0.5, 0.6) is 0 Å². The van der Waals surface area contributed by atoms with E-state index in [1.165, 1.54) is 6.42 Å². The van der Waals surface area contributed by atoms with Crippen molar-refractivity contribution in [2.24, 2.45) is 0 Å². The van der Waals surface area contributed by atoms with E-state index >= 15 is 0 Å². The Kier molecular flexibility index (Phi) is 67.9. The summed E-state index contributed by atoms with van der Waals surface area (Å²) in [5.74, 6) is 0. The first-order valence-electron chi connectivity index (χ1n) is 19.2. The summed E-state index contributed by atoms with van der Waals surface area (Å²) in [7, 11) is -1.75. The molecule has 0 aromatic heterocycles. The molecule has 0 aliphatic carbocycles. The summed E-state index contributed by atoms with van der Waals surface area (Å²) in [6.45, 7) is 41.0. The van der Waals surface area contributed by atoms with E-state index in [2.05, 4.69) is 89.3 Å². The minimum absolute atomic E-state index is 0.212. The number of ether oxygens (including phenoxy) is 4. The van der Waals surface area contributed by atoms with Gasteiger partial charge in [0.25, 0.3) is 0 Å². The fourth-order valence-corrected chi connectivity index (χ4v) is 4.16. The van der Waals surface area contributed by atoms with Crippen LogP contribution in [0.1, 0.15) is 149 Å². The molecule has 0 N–H and O–H groups in total. The first-order valence-corrected chi connectivity index (χ1v) is 22.1. The van der Waals surface area contributed by atoms with Crippen LogP contribution in [0, 0.1) is 0 Å². The first kappa shape index (κ1) is 58.4. The van der Waals surface area contributed by atoms with Gasteiger partial charge in [-0.1, -0.05) is 126 Å². The summed E-state index contributed by atoms with van der Waals surface area (Å²) in [5.41, 5.74) is 0. The number of hydrogen-bond acceptors (Lipinski definition) is 6. The van der Waals surface area contributed by atoms with Gasteiger partial charge in [-0.15, -0.1) is 0 Å². The van der Waals surface area contributed by atoms with E-state index in [-0.39, 0.29) is 6.10 Å². The van der Waals surface area contributed by atoms with Crippen molar-refractivity contribution in [3.63, 3.8) is 0 Å². The van der Waals surface area contributed by atoms with Crippen LogP contribution in [-0.2, 0) is 27.8 Å². The van der Waals surface area contributed by atoms with Crippen molar-refractivity contribution >= 4 is 8.56 Å². The maximum atomic E-state index is 5.67. The second kappa shape index (κ2) is 54.6. The van der Waals surface area contributed by atoms with Gasteiger partial charge in [-0.25, -0.2) is 0 Å². The lowest BCUT2D eigenvalue weighted by atomic mass is 10.3. The molecule has 47 heavy (non-hydrogen) atoms. The normalized spacial score (nSPS) is 11.7. The van der Waals surface area contributed by atoms with Crippen molar-refractivity contribution in [3.05, 3.63) is 36.4 Å². The minimum Gasteiger partial charge on any atom is -0.395 e. The summed E-state index contributed by atoms with van der Waals surface area (Å²) >= 11 is 0. The third-order valence-corrected chi connectivity index (χ3v) is 7.07. The molecule has 0 amide bonds. The number of rotatable bonds is 20. The van der Waals surface area contributed by atoms with Gasteiger partial charge in [0.05, 0.1) is 38.1 Å². The fourth-order valence-electron chi connectivity index (χ4n) is 2.68. The van der Waals surface area contributed by atoms with Crippen LogP contribution in [0.2, 0.25) is 13.1 Å². The van der Waals surface area contributed by atoms with Gasteiger partial charge in [-0.3, -0.25) is 0 Å². The lowest BCUT2D eigenvalue weighted by Crippen LogP contribution is -2.35. The highest BCUT2D eigenvalue weighted by Gasteiger charge is 2.23. The van der Waals surface area contributed by atoms with Crippen molar-refractivity contribution in [1.82, 2.24) is 0 Å². The van der Waals surface area contributed by atoms with E-state index in [4.69, 9.17) is 27.8 Å². The Morgan fingerprint density at radius 3 is 1.06 bits per heavy atom. The molecule has 1 rings (SSSR count). The van der Waals surface area contributed by atoms with Gasteiger partial charge in [-0.2, -0.15) is 0 Å². The smallest absolute Gasteiger partial charge is 0.331 e. The topological polar surface area (TPSA) is 55.4 Å². The molecule has 7 heteroatoms. The molecule has 6 nitrogen and oxygen atoms in total. The van der Waals surface area contributed by atoms with Gasteiger partial charge in [0.1, 0.15) is 0 Å². The van der Waals surface area contributed by atoms with E-state index < -0.39 is 8.56 Å². The van der Waals surface area contributed by atoms with E-state index in [1.54, 1.807) is 0 Å². The van der Waals surface area contributed by atoms with Crippen molar-refractivity contribution in [3.8, 4) is 0 Å². The van der Waals surface area contributed by atoms with E-state index in [9.17, 15) is 0 Å². The zero-order chi connectivity index (χ0) is 37.6. The molecule has 3 atom stereocenters. The van der Waals surface area contributed by atoms with Gasteiger partial charge in [0.15, 0.2) is 0 Å². The second-order valence-corrected chi connectivity index (χ2v) is 14.3. The van der Waals surface area contributed by atoms with Gasteiger partial charge in [-0.05, 0) is 72.4 Å². The monoisotopic (exact) mass is 693 g/mol. The Labute approximate surface area is 298 Å². The molecule has 0 fully saturated rings. The summed E-state index contributed by atoms with van der Waals surface area (Å²) < 4.78 is 32.8. The molecule has 1 aromatic carbocycles. The quantitative estimate of drug-likeness (QED) is 0.100. The van der Waals surface area contributed by atoms with Gasteiger partial charge >= 0.3 is 8.56 Å². The molecule has 3 unspecified atom stereocenters. The largest absolute Gasteiger partial charge is 0.395 e. The van der Waals surface area contributed by atoms with Gasteiger partial charge in [0, 0.05) is 26.4 Å². The average Bonchev–Trinajstić information content (AvgIpc) is 3.10. The summed E-state index contributed by atoms with van der Waals surface area (Å²) in [6, 6.07) is 12.0. The summed E-state index contributed by atoms with van der Waals surface area (Å²) in [5, 5.41) is 0. The highest BCUT2D eigenvalue weighted by Crippen LogP contribution is 2.07. The predicted molar refractivity (Wildman–Crippen MR) is 213 cm³/mol. The Balaban J connectivity index is -0.000000114. The Morgan fingerprint density at radius 2 is 0.787 bits per heavy atom. The van der Waals surface area contributed by atoms with Crippen LogP contribution in [0.4, 0.5) is 0 Å². The third kappa shape index (κ3) is 68.1. The molecule has 288 valence electrons. The van der Waals surface area contributed by atoms with Crippen molar-refractivity contribution in [1.29, 1.82) is 0 Å². The second-order valence-electron chi connectivity index (χ2n) is 10.9. The summed E-state index contributed by atoms with van der Waals surface area (Å²) in [6.07, 6.45) is 8.62. The molecule has 0 bridgehead atoms. The Morgan fingerprint density at radius 1 is 0.468 bits per heavy atom. The molecular weight excluding hydrogens is 605 g/mol. The van der Waals surface area contributed by atoms with Crippen LogP contribution in [0.25, 0.3) is 0 Å². The zero-order valence-electron chi connectivity index (χ0n) is 35.0. The van der Waals surface area contributed by atoms with Gasteiger partial charge in [0.2, 0.25) is 0 Å². The van der Waals surface area contributed by atoms with Crippen LogP contribution in [0.15, 0.2) is 36.4 Å². The minimum atomic E-state index is -1.75. The molecule has 1 aromatic rings. The summed E-state index contributed by atoms with van der Waals surface area (Å²) in [4.78, 5) is 0. The average molecular weight is 693 g/mol. The zero-order valence-corrected chi connectivity index (χ0v) is 36.0. The molecule has 0 saturated carbocycles. The molecule has 0 radical (unpaired) electrons.